The average molecular weight is 258 g/mol. The number of piperidine rings is 1. The van der Waals surface area contributed by atoms with Gasteiger partial charge in [-0.05, 0) is 51.1 Å². The van der Waals surface area contributed by atoms with Crippen LogP contribution in [0.4, 0.5) is 0 Å². The Bertz CT molecular complexity index is 189. The molecular weight excluding hydrogens is 228 g/mol. The summed E-state index contributed by atoms with van der Waals surface area (Å²) in [7, 11) is 1.75. The molecule has 1 unspecified atom stereocenters. The first-order valence-electron chi connectivity index (χ1n) is 7.36. The normalized spacial score (nSPS) is 21.3. The molecule has 0 aromatic rings. The third-order valence-electron chi connectivity index (χ3n) is 3.62. The maximum Gasteiger partial charge on any atom is 0.0593 e. The van der Waals surface area contributed by atoms with Crippen LogP contribution >= 0.6 is 0 Å². The summed E-state index contributed by atoms with van der Waals surface area (Å²) in [5, 5.41) is 0. The zero-order chi connectivity index (χ0) is 13.1. The Balaban J connectivity index is 1.94. The standard InChI is InChI=1S/C14H30N2O2/c1-17-10-2-3-11-18-12-9-16-8-4-5-14(13-16)6-7-15/h14H,2-13,15H2,1H3. The molecule has 0 aromatic carbocycles. The predicted molar refractivity (Wildman–Crippen MR) is 74.8 cm³/mol. The van der Waals surface area contributed by atoms with Gasteiger partial charge in [0.25, 0.3) is 0 Å². The van der Waals surface area contributed by atoms with Crippen molar-refractivity contribution in [1.82, 2.24) is 4.90 Å². The molecule has 1 fully saturated rings. The van der Waals surface area contributed by atoms with Gasteiger partial charge in [-0.25, -0.2) is 0 Å². The zero-order valence-electron chi connectivity index (χ0n) is 11.9. The van der Waals surface area contributed by atoms with Crippen molar-refractivity contribution in [2.24, 2.45) is 11.7 Å². The van der Waals surface area contributed by atoms with Gasteiger partial charge in [-0.3, -0.25) is 0 Å². The van der Waals surface area contributed by atoms with E-state index in [-0.39, 0.29) is 0 Å². The minimum atomic E-state index is 0.811. The maximum absolute atomic E-state index is 5.66. The summed E-state index contributed by atoms with van der Waals surface area (Å²) in [5.41, 5.74) is 5.63. The highest BCUT2D eigenvalue weighted by Crippen LogP contribution is 2.18. The van der Waals surface area contributed by atoms with Crippen LogP contribution in [0.1, 0.15) is 32.1 Å². The molecule has 108 valence electrons. The van der Waals surface area contributed by atoms with E-state index in [4.69, 9.17) is 15.2 Å². The molecule has 1 saturated heterocycles. The largest absolute Gasteiger partial charge is 0.385 e. The maximum atomic E-state index is 5.66. The van der Waals surface area contributed by atoms with Crippen molar-refractivity contribution in [3.63, 3.8) is 0 Å². The van der Waals surface area contributed by atoms with Gasteiger partial charge in [0.15, 0.2) is 0 Å². The summed E-state index contributed by atoms with van der Waals surface area (Å²) in [6.07, 6.45) is 6.04. The van der Waals surface area contributed by atoms with Crippen LogP contribution in [0.3, 0.4) is 0 Å². The highest BCUT2D eigenvalue weighted by molar-refractivity contribution is 4.73. The zero-order valence-corrected chi connectivity index (χ0v) is 11.9. The molecule has 0 amide bonds. The first kappa shape index (κ1) is 15.9. The molecule has 18 heavy (non-hydrogen) atoms. The van der Waals surface area contributed by atoms with Gasteiger partial charge in [-0.2, -0.15) is 0 Å². The van der Waals surface area contributed by atoms with E-state index < -0.39 is 0 Å². The SMILES string of the molecule is COCCCCOCCN1CCCC(CCN)C1. The Morgan fingerprint density at radius 3 is 2.83 bits per heavy atom. The number of nitrogens with two attached hydrogens (primary N) is 1. The fraction of sp³-hybridized carbons (Fsp3) is 1.00. The molecule has 1 heterocycles. The summed E-state index contributed by atoms with van der Waals surface area (Å²) < 4.78 is 10.7. The highest BCUT2D eigenvalue weighted by atomic mass is 16.5. The van der Waals surface area contributed by atoms with Crippen LogP contribution in [0.25, 0.3) is 0 Å². The fourth-order valence-electron chi connectivity index (χ4n) is 2.57. The molecule has 4 heteroatoms. The second-order valence-corrected chi connectivity index (χ2v) is 5.20. The molecule has 2 N–H and O–H groups in total. The van der Waals surface area contributed by atoms with E-state index in [0.717, 1.165) is 51.7 Å². The second kappa shape index (κ2) is 10.7. The quantitative estimate of drug-likeness (QED) is 0.603. The van der Waals surface area contributed by atoms with Crippen molar-refractivity contribution in [3.8, 4) is 0 Å². The number of likely N-dealkylation sites (tertiary alicyclic amines) is 1. The topological polar surface area (TPSA) is 47.7 Å². The van der Waals surface area contributed by atoms with Gasteiger partial charge in [0.1, 0.15) is 0 Å². The van der Waals surface area contributed by atoms with Crippen LogP contribution in [0.5, 0.6) is 0 Å². The van der Waals surface area contributed by atoms with E-state index >= 15 is 0 Å². The summed E-state index contributed by atoms with van der Waals surface area (Å²) in [5.74, 6) is 0.811. The highest BCUT2D eigenvalue weighted by Gasteiger charge is 2.18. The van der Waals surface area contributed by atoms with E-state index in [1.165, 1.54) is 32.4 Å². The summed E-state index contributed by atoms with van der Waals surface area (Å²) in [6, 6.07) is 0. The van der Waals surface area contributed by atoms with Crippen molar-refractivity contribution in [3.05, 3.63) is 0 Å². The van der Waals surface area contributed by atoms with Crippen molar-refractivity contribution in [2.75, 3.05) is 53.1 Å². The Hall–Kier alpha value is -0.160. The van der Waals surface area contributed by atoms with Gasteiger partial charge < -0.3 is 20.1 Å². The summed E-state index contributed by atoms with van der Waals surface area (Å²) in [6.45, 7) is 6.92. The summed E-state index contributed by atoms with van der Waals surface area (Å²) >= 11 is 0. The van der Waals surface area contributed by atoms with Crippen molar-refractivity contribution < 1.29 is 9.47 Å². The molecule has 4 nitrogen and oxygen atoms in total. The smallest absolute Gasteiger partial charge is 0.0593 e. The van der Waals surface area contributed by atoms with Gasteiger partial charge in [0.2, 0.25) is 0 Å². The number of unbranched alkanes of at least 4 members (excludes halogenated alkanes) is 1. The van der Waals surface area contributed by atoms with Crippen molar-refractivity contribution in [2.45, 2.75) is 32.1 Å². The van der Waals surface area contributed by atoms with E-state index in [0.29, 0.717) is 0 Å². The molecule has 1 rings (SSSR count). The van der Waals surface area contributed by atoms with Crippen LogP contribution in [-0.4, -0.2) is 58.0 Å². The lowest BCUT2D eigenvalue weighted by molar-refractivity contribution is 0.0783. The van der Waals surface area contributed by atoms with Gasteiger partial charge in [0.05, 0.1) is 6.61 Å². The van der Waals surface area contributed by atoms with Crippen LogP contribution in [0.2, 0.25) is 0 Å². The van der Waals surface area contributed by atoms with Crippen LogP contribution in [-0.2, 0) is 9.47 Å². The molecule has 0 saturated carbocycles. The number of hydrogen-bond donors (Lipinski definition) is 1. The molecule has 0 spiro atoms. The molecule has 0 radical (unpaired) electrons. The van der Waals surface area contributed by atoms with E-state index in [2.05, 4.69) is 4.90 Å². The number of rotatable bonds is 10. The molecule has 0 aromatic heterocycles. The molecule has 1 aliphatic heterocycles. The van der Waals surface area contributed by atoms with Crippen molar-refractivity contribution >= 4 is 0 Å². The summed E-state index contributed by atoms with van der Waals surface area (Å²) in [4.78, 5) is 2.53. The number of nitrogens with zero attached hydrogens (tertiary/aromatic N) is 1. The van der Waals surface area contributed by atoms with E-state index in [1.807, 2.05) is 0 Å². The molecule has 0 aliphatic carbocycles. The lowest BCUT2D eigenvalue weighted by Crippen LogP contribution is -2.38. The third-order valence-corrected chi connectivity index (χ3v) is 3.62. The molecular formula is C14H30N2O2. The Kier molecular flexibility index (Phi) is 9.48. The van der Waals surface area contributed by atoms with Crippen LogP contribution < -0.4 is 5.73 Å². The van der Waals surface area contributed by atoms with Crippen molar-refractivity contribution in [1.29, 1.82) is 0 Å². The lowest BCUT2D eigenvalue weighted by atomic mass is 9.95. The van der Waals surface area contributed by atoms with Gasteiger partial charge in [0, 0.05) is 33.4 Å². The Labute approximate surface area is 112 Å². The molecule has 1 atom stereocenters. The van der Waals surface area contributed by atoms with E-state index in [1.54, 1.807) is 7.11 Å². The monoisotopic (exact) mass is 258 g/mol. The minimum Gasteiger partial charge on any atom is -0.385 e. The predicted octanol–water partition coefficient (Wildman–Crippen LogP) is 1.49. The van der Waals surface area contributed by atoms with E-state index in [9.17, 15) is 0 Å². The molecule has 1 aliphatic rings. The molecule has 0 bridgehead atoms. The van der Waals surface area contributed by atoms with Crippen LogP contribution in [0.15, 0.2) is 0 Å². The number of methoxy groups -OCH3 is 1. The first-order chi connectivity index (χ1) is 8.86. The van der Waals surface area contributed by atoms with Gasteiger partial charge >= 0.3 is 0 Å². The number of ether oxygens (including phenoxy) is 2. The third kappa shape index (κ3) is 7.31. The lowest BCUT2D eigenvalue weighted by Gasteiger charge is -2.32. The van der Waals surface area contributed by atoms with Gasteiger partial charge in [-0.15, -0.1) is 0 Å². The average Bonchev–Trinajstić information content (AvgIpc) is 2.39. The van der Waals surface area contributed by atoms with Crippen LogP contribution in [0, 0.1) is 5.92 Å². The second-order valence-electron chi connectivity index (χ2n) is 5.20. The van der Waals surface area contributed by atoms with Gasteiger partial charge in [-0.1, -0.05) is 0 Å². The minimum absolute atomic E-state index is 0.811. The Morgan fingerprint density at radius 2 is 2.06 bits per heavy atom. The Morgan fingerprint density at radius 1 is 1.22 bits per heavy atom. The first-order valence-corrected chi connectivity index (χ1v) is 7.36. The fourth-order valence-corrected chi connectivity index (χ4v) is 2.57. The number of hydrogen-bond acceptors (Lipinski definition) is 4.